The number of aryl methyl sites for hydroxylation is 1. The summed E-state index contributed by atoms with van der Waals surface area (Å²) < 4.78 is 14.2. The van der Waals surface area contributed by atoms with Crippen LogP contribution in [0.3, 0.4) is 0 Å². The van der Waals surface area contributed by atoms with Crippen molar-refractivity contribution in [3.8, 4) is 5.88 Å². The quantitative estimate of drug-likeness (QED) is 0.488. The van der Waals surface area contributed by atoms with Crippen molar-refractivity contribution in [2.24, 2.45) is 5.92 Å². The molecule has 1 aromatic heterocycles. The van der Waals surface area contributed by atoms with Crippen molar-refractivity contribution in [2.45, 2.75) is 46.3 Å². The van der Waals surface area contributed by atoms with Crippen molar-refractivity contribution in [3.63, 3.8) is 0 Å². The second kappa shape index (κ2) is 6.20. The smallest absolute Gasteiger partial charge is 0.309 e. The molecule has 2 aliphatic rings. The largest absolute Gasteiger partial charge is 0.618 e. The highest BCUT2D eigenvalue weighted by molar-refractivity contribution is 5.77. The first kappa shape index (κ1) is 15.8. The molecular formula is C17H22N2O4. The van der Waals surface area contributed by atoms with E-state index in [1.54, 1.807) is 6.21 Å². The van der Waals surface area contributed by atoms with Crippen LogP contribution in [0.25, 0.3) is 0 Å². The lowest BCUT2D eigenvalue weighted by atomic mass is 9.90. The predicted molar refractivity (Wildman–Crippen MR) is 85.4 cm³/mol. The molecule has 0 fully saturated rings. The standard InChI is InChI=1S/C17H22N2O4/c1-4-22-17-14-7-5-6-8-15(14)18(21)10-13-9-11(2)16(19(13)17)23-12(3)20/h8-10,14,17H,4-7H2,1-3H3. The number of hydrogen-bond acceptors (Lipinski definition) is 4. The average Bonchev–Trinajstić information content (AvgIpc) is 2.74. The molecule has 0 spiro atoms. The number of esters is 1. The average molecular weight is 318 g/mol. The Bertz CT molecular complexity index is 687. The fourth-order valence-corrected chi connectivity index (χ4v) is 3.45. The van der Waals surface area contributed by atoms with E-state index in [0.29, 0.717) is 18.2 Å². The monoisotopic (exact) mass is 318 g/mol. The number of hydroxylamine groups is 1. The summed E-state index contributed by atoms with van der Waals surface area (Å²) in [6.07, 6.45) is 5.99. The minimum atomic E-state index is -0.383. The molecule has 1 aliphatic carbocycles. The van der Waals surface area contributed by atoms with Gasteiger partial charge in [-0.15, -0.1) is 0 Å². The molecule has 2 atom stereocenters. The predicted octanol–water partition coefficient (Wildman–Crippen LogP) is 2.88. The molecule has 0 N–H and O–H groups in total. The molecule has 0 amide bonds. The van der Waals surface area contributed by atoms with Crippen LogP contribution in [0.2, 0.25) is 0 Å². The van der Waals surface area contributed by atoms with E-state index in [-0.39, 0.29) is 18.1 Å². The molecule has 6 nitrogen and oxygen atoms in total. The number of allylic oxidation sites excluding steroid dienone is 1. The number of carbonyl (C=O) groups is 1. The third-order valence-electron chi connectivity index (χ3n) is 4.33. The van der Waals surface area contributed by atoms with Gasteiger partial charge >= 0.3 is 5.97 Å². The van der Waals surface area contributed by atoms with Gasteiger partial charge < -0.3 is 14.7 Å². The second-order valence-corrected chi connectivity index (χ2v) is 5.99. The molecule has 0 aromatic carbocycles. The van der Waals surface area contributed by atoms with E-state index in [2.05, 4.69) is 0 Å². The van der Waals surface area contributed by atoms with Crippen LogP contribution in [0.1, 0.15) is 50.6 Å². The number of nitrogens with zero attached hydrogens (tertiary/aromatic N) is 2. The van der Waals surface area contributed by atoms with Gasteiger partial charge in [-0.2, -0.15) is 4.74 Å². The number of hydrogen-bond donors (Lipinski definition) is 0. The summed E-state index contributed by atoms with van der Waals surface area (Å²) in [5.74, 6) is 0.0362. The highest BCUT2D eigenvalue weighted by atomic mass is 16.6. The lowest BCUT2D eigenvalue weighted by molar-refractivity contribution is -0.409. The zero-order valence-electron chi connectivity index (χ0n) is 13.7. The highest BCUT2D eigenvalue weighted by Crippen LogP contribution is 2.41. The summed E-state index contributed by atoms with van der Waals surface area (Å²) in [4.78, 5) is 11.5. The number of ether oxygens (including phenoxy) is 2. The molecule has 6 heteroatoms. The van der Waals surface area contributed by atoms with Crippen molar-refractivity contribution < 1.29 is 19.0 Å². The lowest BCUT2D eigenvalue weighted by Gasteiger charge is -2.29. The third-order valence-corrected chi connectivity index (χ3v) is 4.33. The Morgan fingerprint density at radius 1 is 1.52 bits per heavy atom. The Labute approximate surface area is 135 Å². The minimum absolute atomic E-state index is 0.0418. The van der Waals surface area contributed by atoms with Crippen LogP contribution < -0.4 is 4.74 Å². The molecule has 1 aromatic rings. The molecule has 0 saturated heterocycles. The maximum absolute atomic E-state index is 12.5. The van der Waals surface area contributed by atoms with Gasteiger partial charge in [-0.3, -0.25) is 9.36 Å². The van der Waals surface area contributed by atoms with Crippen molar-refractivity contribution in [3.05, 3.63) is 34.3 Å². The zero-order chi connectivity index (χ0) is 16.6. The first-order valence-electron chi connectivity index (χ1n) is 8.06. The Hall–Kier alpha value is -2.08. The van der Waals surface area contributed by atoms with Gasteiger partial charge in [-0.25, -0.2) is 0 Å². The molecule has 2 unspecified atom stereocenters. The number of aromatic nitrogens is 1. The fraction of sp³-hybridized carbons (Fsp3) is 0.529. The van der Waals surface area contributed by atoms with Gasteiger partial charge in [0.2, 0.25) is 12.1 Å². The molecule has 23 heavy (non-hydrogen) atoms. The second-order valence-electron chi connectivity index (χ2n) is 5.99. The molecule has 1 aliphatic heterocycles. The summed E-state index contributed by atoms with van der Waals surface area (Å²) in [5, 5.41) is 12.5. The number of fused-ring (bicyclic) bond motifs is 2. The van der Waals surface area contributed by atoms with Crippen LogP contribution in [0.15, 0.2) is 17.8 Å². The van der Waals surface area contributed by atoms with E-state index in [1.807, 2.05) is 30.6 Å². The van der Waals surface area contributed by atoms with E-state index in [0.717, 1.165) is 35.3 Å². The van der Waals surface area contributed by atoms with Crippen molar-refractivity contribution in [2.75, 3.05) is 6.61 Å². The first-order chi connectivity index (χ1) is 11.0. The molecule has 3 rings (SSSR count). The molecule has 0 saturated carbocycles. The van der Waals surface area contributed by atoms with Gasteiger partial charge in [0.1, 0.15) is 11.9 Å². The molecule has 124 valence electrons. The zero-order valence-corrected chi connectivity index (χ0v) is 13.7. The van der Waals surface area contributed by atoms with Crippen molar-refractivity contribution in [1.29, 1.82) is 0 Å². The van der Waals surface area contributed by atoms with E-state index in [9.17, 15) is 10.0 Å². The highest BCUT2D eigenvalue weighted by Gasteiger charge is 2.39. The van der Waals surface area contributed by atoms with Gasteiger partial charge in [0, 0.05) is 19.1 Å². The topological polar surface area (TPSA) is 66.5 Å². The Balaban J connectivity index is 2.18. The summed E-state index contributed by atoms with van der Waals surface area (Å²) in [6.45, 7) is 5.69. The summed E-state index contributed by atoms with van der Waals surface area (Å²) in [7, 11) is 0. The van der Waals surface area contributed by atoms with Crippen LogP contribution >= 0.6 is 0 Å². The van der Waals surface area contributed by atoms with E-state index in [1.165, 1.54) is 6.92 Å². The third kappa shape index (κ3) is 2.79. The van der Waals surface area contributed by atoms with Crippen LogP contribution in [0.5, 0.6) is 5.88 Å². The number of carbonyl (C=O) groups excluding carboxylic acids is 1. The van der Waals surface area contributed by atoms with Gasteiger partial charge in [-0.1, -0.05) is 0 Å². The molecular weight excluding hydrogens is 296 g/mol. The van der Waals surface area contributed by atoms with Gasteiger partial charge in [0.15, 0.2) is 5.70 Å². The van der Waals surface area contributed by atoms with Crippen molar-refractivity contribution >= 4 is 12.2 Å². The molecule has 0 bridgehead atoms. The normalized spacial score (nSPS) is 23.3. The number of rotatable bonds is 3. The van der Waals surface area contributed by atoms with E-state index >= 15 is 0 Å². The summed E-state index contributed by atoms with van der Waals surface area (Å²) in [5.41, 5.74) is 2.25. The Morgan fingerprint density at radius 3 is 3.00 bits per heavy atom. The van der Waals surface area contributed by atoms with Crippen LogP contribution in [0, 0.1) is 18.0 Å². The molecule has 2 heterocycles. The van der Waals surface area contributed by atoms with Crippen molar-refractivity contribution in [1.82, 2.24) is 4.57 Å². The summed E-state index contributed by atoms with van der Waals surface area (Å²) >= 11 is 0. The minimum Gasteiger partial charge on any atom is -0.618 e. The van der Waals surface area contributed by atoms with Gasteiger partial charge in [0.25, 0.3) is 0 Å². The maximum atomic E-state index is 12.5. The summed E-state index contributed by atoms with van der Waals surface area (Å²) in [6, 6.07) is 1.85. The Kier molecular flexibility index (Phi) is 4.26. The fourth-order valence-electron chi connectivity index (χ4n) is 3.45. The van der Waals surface area contributed by atoms with Crippen LogP contribution in [-0.2, 0) is 9.53 Å². The van der Waals surface area contributed by atoms with E-state index < -0.39 is 0 Å². The first-order valence-corrected chi connectivity index (χ1v) is 8.06. The molecule has 0 radical (unpaired) electrons. The maximum Gasteiger partial charge on any atom is 0.309 e. The Morgan fingerprint density at radius 2 is 2.30 bits per heavy atom. The lowest BCUT2D eigenvalue weighted by Crippen LogP contribution is -2.27. The van der Waals surface area contributed by atoms with Crippen LogP contribution in [-0.4, -0.2) is 28.1 Å². The van der Waals surface area contributed by atoms with Crippen LogP contribution in [0.4, 0.5) is 0 Å². The van der Waals surface area contributed by atoms with Gasteiger partial charge in [0.05, 0.1) is 5.92 Å². The SMILES string of the molecule is CCOC1C2CCCC=C2[N+]([O-])=Cc2cc(C)c(OC(C)=O)n21. The van der Waals surface area contributed by atoms with Gasteiger partial charge in [-0.05, 0) is 45.3 Å². The van der Waals surface area contributed by atoms with E-state index in [4.69, 9.17) is 9.47 Å².